The molecule has 20 heavy (non-hydrogen) atoms. The second kappa shape index (κ2) is 9.05. The van der Waals surface area contributed by atoms with Crippen molar-refractivity contribution in [3.05, 3.63) is 0 Å². The van der Waals surface area contributed by atoms with Crippen molar-refractivity contribution in [3.8, 4) is 0 Å². The lowest BCUT2D eigenvalue weighted by Crippen LogP contribution is -2.46. The van der Waals surface area contributed by atoms with Gasteiger partial charge in [-0.25, -0.2) is 5.90 Å². The molecule has 4 N–H and O–H groups in total. The molecule has 0 bridgehead atoms. The average Bonchev–Trinajstić information content (AvgIpc) is 2.31. The Balaban J connectivity index is 4.90. The van der Waals surface area contributed by atoms with Crippen molar-refractivity contribution in [3.63, 3.8) is 0 Å². The van der Waals surface area contributed by atoms with E-state index in [0.717, 1.165) is 5.90 Å². The Labute approximate surface area is 149 Å². The summed E-state index contributed by atoms with van der Waals surface area (Å²) in [7, 11) is 0. The van der Waals surface area contributed by atoms with Crippen LogP contribution in [0.3, 0.4) is 0 Å². The summed E-state index contributed by atoms with van der Waals surface area (Å²) in [5, 5.41) is 0. The first-order valence-corrected chi connectivity index (χ1v) is 7.83. The van der Waals surface area contributed by atoms with Gasteiger partial charge >= 0.3 is 13.4 Å². The highest BCUT2D eigenvalue weighted by molar-refractivity contribution is 9.21. The number of nitrogens with two attached hydrogens (primary N) is 2. The number of rotatable bonds is 7. The number of carbonyl (C=O) groups is 4. The van der Waals surface area contributed by atoms with Gasteiger partial charge in [-0.2, -0.15) is 0 Å². The first-order valence-electron chi connectivity index (χ1n) is 4.99. The number of nitrogens with zero attached hydrogens (tertiary/aromatic N) is 2. The standard InChI is InChI=1S/C6H8B2Br4N4O4/c9-15(10)5(19)7(3(13)17)1-2-8(4(14)18)6(20)16(11)12/h1-2H2,(H2,13,17)(H2,14,18). The second-order valence-electron chi connectivity index (χ2n) is 3.63. The van der Waals surface area contributed by atoms with Crippen LogP contribution in [-0.4, -0.2) is 42.6 Å². The summed E-state index contributed by atoms with van der Waals surface area (Å²) in [4.78, 5) is 45.8. The fourth-order valence-corrected chi connectivity index (χ4v) is 2.33. The summed E-state index contributed by atoms with van der Waals surface area (Å²) < 4.78 is 1.69. The minimum absolute atomic E-state index is 0.102. The van der Waals surface area contributed by atoms with Gasteiger partial charge < -0.3 is 11.5 Å². The number of amides is 4. The Morgan fingerprint density at radius 1 is 0.750 bits per heavy atom. The zero-order valence-electron chi connectivity index (χ0n) is 9.76. The van der Waals surface area contributed by atoms with E-state index in [1.165, 1.54) is 0 Å². The van der Waals surface area contributed by atoms with Gasteiger partial charge in [-0.15, -0.1) is 0 Å². The van der Waals surface area contributed by atoms with Crippen molar-refractivity contribution in [1.82, 2.24) is 5.90 Å². The lowest BCUT2D eigenvalue weighted by molar-refractivity contribution is 0.253. The van der Waals surface area contributed by atoms with Crippen LogP contribution in [0.25, 0.3) is 0 Å². The Morgan fingerprint density at radius 3 is 1.15 bits per heavy atom. The first-order chi connectivity index (χ1) is 9.09. The van der Waals surface area contributed by atoms with Crippen molar-refractivity contribution < 1.29 is 19.2 Å². The Kier molecular flexibility index (Phi) is 9.02. The fourth-order valence-electron chi connectivity index (χ4n) is 1.34. The summed E-state index contributed by atoms with van der Waals surface area (Å²) in [6, 6.07) is 0. The molecule has 0 unspecified atom stereocenters. The maximum atomic E-state index is 11.7. The predicted octanol–water partition coefficient (Wildman–Crippen LogP) is 2.54. The van der Waals surface area contributed by atoms with Gasteiger partial charge in [-0.05, 0) is 0 Å². The molecule has 0 radical (unpaired) electrons. The number of carbonyl (C=O) groups excluding carboxylic acids is 4. The van der Waals surface area contributed by atoms with Gasteiger partial charge in [0.1, 0.15) is 0 Å². The zero-order valence-corrected chi connectivity index (χ0v) is 16.1. The van der Waals surface area contributed by atoms with Crippen LogP contribution in [-0.2, 0) is 0 Å². The molecule has 0 rings (SSSR count). The molecular formula is C6H8B2Br4N4O4. The molecule has 110 valence electrons. The molecule has 0 heterocycles. The largest absolute Gasteiger partial charge is 0.378 e. The molecule has 0 aromatic carbocycles. The Hall–Kier alpha value is -0.0701. The quantitative estimate of drug-likeness (QED) is 0.380. The molecule has 4 amide bonds. The van der Waals surface area contributed by atoms with E-state index in [9.17, 15) is 19.2 Å². The van der Waals surface area contributed by atoms with E-state index < -0.39 is 36.7 Å². The molecule has 0 aliphatic heterocycles. The van der Waals surface area contributed by atoms with Crippen molar-refractivity contribution in [2.75, 3.05) is 0 Å². The molecule has 0 saturated carbocycles. The third kappa shape index (κ3) is 6.14. The molecule has 0 aromatic rings. The normalized spacial score (nSPS) is 9.60. The summed E-state index contributed by atoms with van der Waals surface area (Å²) in [5.41, 5.74) is 10.2. The molecule has 8 nitrogen and oxygen atoms in total. The third-order valence-electron chi connectivity index (χ3n) is 2.36. The number of hydrogen-bond acceptors (Lipinski definition) is 4. The van der Waals surface area contributed by atoms with Crippen LogP contribution in [0.4, 0.5) is 19.2 Å². The summed E-state index contributed by atoms with van der Waals surface area (Å²) in [6.45, 7) is -2.38. The summed E-state index contributed by atoms with van der Waals surface area (Å²) in [6.07, 6.45) is -0.204. The van der Waals surface area contributed by atoms with Crippen LogP contribution < -0.4 is 11.5 Å². The number of primary amides is 2. The molecule has 0 fully saturated rings. The van der Waals surface area contributed by atoms with Crippen LogP contribution in [0.5, 0.6) is 0 Å². The first kappa shape index (κ1) is 19.9. The smallest absolute Gasteiger partial charge is 0.359 e. The Morgan fingerprint density at radius 2 is 1.00 bits per heavy atom. The van der Waals surface area contributed by atoms with Crippen molar-refractivity contribution in [2.24, 2.45) is 11.5 Å². The number of hydrogen-bond donors (Lipinski definition) is 2. The third-order valence-corrected chi connectivity index (χ3v) is 3.76. The van der Waals surface area contributed by atoms with E-state index in [0.29, 0.717) is 0 Å². The van der Waals surface area contributed by atoms with E-state index >= 15 is 0 Å². The predicted molar refractivity (Wildman–Crippen MR) is 90.5 cm³/mol. The van der Waals surface area contributed by atoms with E-state index in [-0.39, 0.29) is 12.6 Å². The highest BCUT2D eigenvalue weighted by atomic mass is 79.9. The van der Waals surface area contributed by atoms with E-state index in [1.54, 1.807) is 0 Å². The topological polar surface area (TPSA) is 127 Å². The molecule has 0 aliphatic rings. The fraction of sp³-hybridized carbons (Fsp3) is 0.333. The Bertz CT molecular complexity index is 386. The van der Waals surface area contributed by atoms with Crippen LogP contribution in [0.2, 0.25) is 12.6 Å². The van der Waals surface area contributed by atoms with Crippen molar-refractivity contribution in [1.29, 1.82) is 0 Å². The molecule has 0 atom stereocenters. The van der Waals surface area contributed by atoms with Gasteiger partial charge in [-0.3, -0.25) is 19.2 Å². The van der Waals surface area contributed by atoms with Gasteiger partial charge in [0, 0.05) is 0 Å². The lowest BCUT2D eigenvalue weighted by Gasteiger charge is -2.14. The molecule has 14 heteroatoms. The maximum absolute atomic E-state index is 11.7. The molecule has 0 aromatic heterocycles. The van der Waals surface area contributed by atoms with E-state index in [2.05, 4.69) is 64.6 Å². The van der Waals surface area contributed by atoms with E-state index in [4.69, 9.17) is 11.5 Å². The van der Waals surface area contributed by atoms with E-state index in [1.807, 2.05) is 0 Å². The van der Waals surface area contributed by atoms with Crippen LogP contribution in [0.1, 0.15) is 0 Å². The average molecular weight is 541 g/mol. The summed E-state index contributed by atoms with van der Waals surface area (Å²) in [5.74, 6) is -3.04. The minimum Gasteiger partial charge on any atom is -0.378 e. The lowest BCUT2D eigenvalue weighted by atomic mass is 9.36. The second-order valence-corrected chi connectivity index (χ2v) is 8.37. The molecule has 0 spiro atoms. The highest BCUT2D eigenvalue weighted by Crippen LogP contribution is 2.17. The summed E-state index contributed by atoms with van der Waals surface area (Å²) >= 11 is 11.2. The van der Waals surface area contributed by atoms with Gasteiger partial charge in [-0.1, -0.05) is 12.6 Å². The number of halogens is 4. The van der Waals surface area contributed by atoms with Crippen molar-refractivity contribution in [2.45, 2.75) is 12.6 Å². The van der Waals surface area contributed by atoms with Gasteiger partial charge in [0.05, 0.1) is 64.6 Å². The van der Waals surface area contributed by atoms with Crippen molar-refractivity contribution >= 4 is 101 Å². The highest BCUT2D eigenvalue weighted by Gasteiger charge is 2.39. The molecule has 0 aliphatic carbocycles. The molecule has 0 saturated heterocycles. The minimum atomic E-state index is -1.19. The zero-order chi connectivity index (χ0) is 16.0. The SMILES string of the molecule is NC(=O)B(CCB(C(N)=O)C(=O)N(Br)Br)C(=O)N(Br)Br. The van der Waals surface area contributed by atoms with Crippen LogP contribution in [0, 0.1) is 0 Å². The monoisotopic (exact) mass is 538 g/mol. The molecular weight excluding hydrogens is 533 g/mol. The van der Waals surface area contributed by atoms with Crippen LogP contribution in [0.15, 0.2) is 0 Å². The van der Waals surface area contributed by atoms with Gasteiger partial charge in [0.15, 0.2) is 11.6 Å². The van der Waals surface area contributed by atoms with Gasteiger partial charge in [0.25, 0.3) is 0 Å². The van der Waals surface area contributed by atoms with Gasteiger partial charge in [0.2, 0.25) is 11.6 Å². The van der Waals surface area contributed by atoms with Crippen LogP contribution >= 0.6 is 64.6 Å². The maximum Gasteiger partial charge on any atom is 0.359 e.